The summed E-state index contributed by atoms with van der Waals surface area (Å²) in [5, 5.41) is 4.59. The standard InChI is InChI=1S/C64H40N4O/c1-3-18-39(19-4-1)42-27-17-33-56-58(42)49-35-34-41(38-57(49)69-56)62-65-61(40-20-5-2-6-21-40)66-63(67-62)48-26-11-16-32-55(48)68-54-31-15-10-24-45(54)46-36-37-53-59(60(46)68)47-25-9-14-30-52(47)64(53)50-28-12-7-22-43(50)44-23-8-13-29-51(44)64/h1-25,27-38,48H,26H2. The van der Waals surface area contributed by atoms with E-state index in [9.17, 15) is 0 Å². The van der Waals surface area contributed by atoms with Gasteiger partial charge in [0.15, 0.2) is 11.6 Å². The molecular formula is C64H40N4O. The summed E-state index contributed by atoms with van der Waals surface area (Å²) in [4.78, 5) is 16.1. The topological polar surface area (TPSA) is 56.7 Å². The minimum Gasteiger partial charge on any atom is -0.456 e. The van der Waals surface area contributed by atoms with Crippen molar-refractivity contribution in [3.63, 3.8) is 0 Å². The fraction of sp³-hybridized carbons (Fsp3) is 0.0469. The number of rotatable bonds is 5. The molecule has 0 saturated heterocycles. The molecule has 0 amide bonds. The van der Waals surface area contributed by atoms with Gasteiger partial charge in [0.25, 0.3) is 0 Å². The zero-order chi connectivity index (χ0) is 45.2. The maximum absolute atomic E-state index is 6.63. The maximum atomic E-state index is 6.63. The van der Waals surface area contributed by atoms with Gasteiger partial charge in [-0.25, -0.2) is 15.0 Å². The predicted molar refractivity (Wildman–Crippen MR) is 280 cm³/mol. The normalized spacial score (nSPS) is 15.2. The molecule has 1 unspecified atom stereocenters. The molecule has 322 valence electrons. The van der Waals surface area contributed by atoms with Crippen molar-refractivity contribution in [2.24, 2.45) is 0 Å². The number of nitrogens with zero attached hydrogens (tertiary/aromatic N) is 4. The molecule has 15 rings (SSSR count). The van der Waals surface area contributed by atoms with E-state index in [0.717, 1.165) is 67.7 Å². The number of para-hydroxylation sites is 1. The van der Waals surface area contributed by atoms with Gasteiger partial charge >= 0.3 is 0 Å². The lowest BCUT2D eigenvalue weighted by molar-refractivity contribution is 0.669. The van der Waals surface area contributed by atoms with Crippen molar-refractivity contribution >= 4 is 49.4 Å². The van der Waals surface area contributed by atoms with E-state index in [1.54, 1.807) is 0 Å². The van der Waals surface area contributed by atoms with Crippen LogP contribution in [0.25, 0.3) is 106 Å². The van der Waals surface area contributed by atoms with Gasteiger partial charge in [-0.1, -0.05) is 194 Å². The van der Waals surface area contributed by atoms with E-state index >= 15 is 0 Å². The molecule has 69 heavy (non-hydrogen) atoms. The van der Waals surface area contributed by atoms with Crippen molar-refractivity contribution in [1.29, 1.82) is 0 Å². The average molecular weight is 881 g/mol. The third kappa shape index (κ3) is 5.33. The highest BCUT2D eigenvalue weighted by atomic mass is 16.3. The van der Waals surface area contributed by atoms with Crippen LogP contribution in [0.4, 0.5) is 0 Å². The smallest absolute Gasteiger partial charge is 0.163 e. The molecule has 0 bridgehead atoms. The molecule has 1 atom stereocenters. The zero-order valence-electron chi connectivity index (χ0n) is 37.3. The van der Waals surface area contributed by atoms with Crippen molar-refractivity contribution in [3.8, 4) is 56.2 Å². The molecule has 0 aliphatic heterocycles. The van der Waals surface area contributed by atoms with Crippen LogP contribution >= 0.6 is 0 Å². The Balaban J connectivity index is 0.952. The van der Waals surface area contributed by atoms with Crippen LogP contribution in [-0.2, 0) is 5.41 Å². The fourth-order valence-corrected chi connectivity index (χ4v) is 12.2. The number of furan rings is 1. The Kier molecular flexibility index (Phi) is 8.05. The van der Waals surface area contributed by atoms with Gasteiger partial charge in [0.1, 0.15) is 17.0 Å². The van der Waals surface area contributed by atoms with Crippen molar-refractivity contribution in [3.05, 3.63) is 253 Å². The molecule has 1 spiro atoms. The Morgan fingerprint density at radius 3 is 1.86 bits per heavy atom. The van der Waals surface area contributed by atoms with Crippen LogP contribution in [0.2, 0.25) is 0 Å². The quantitative estimate of drug-likeness (QED) is 0.173. The average Bonchev–Trinajstić information content (AvgIpc) is 4.15. The summed E-state index contributed by atoms with van der Waals surface area (Å²) in [5.74, 6) is 1.77. The molecule has 5 heteroatoms. The molecule has 0 radical (unpaired) electrons. The summed E-state index contributed by atoms with van der Waals surface area (Å²) in [5.41, 5.74) is 19.2. The van der Waals surface area contributed by atoms with E-state index < -0.39 is 5.41 Å². The fourth-order valence-electron chi connectivity index (χ4n) is 12.2. The Labute approximate surface area is 398 Å². The van der Waals surface area contributed by atoms with Crippen LogP contribution in [0.5, 0.6) is 0 Å². The van der Waals surface area contributed by atoms with Gasteiger partial charge in [-0.05, 0) is 86.8 Å². The molecule has 3 aliphatic rings. The van der Waals surface area contributed by atoms with E-state index in [2.05, 4.69) is 211 Å². The Morgan fingerprint density at radius 2 is 1.09 bits per heavy atom. The highest BCUT2D eigenvalue weighted by Gasteiger charge is 2.52. The second-order valence-electron chi connectivity index (χ2n) is 18.5. The number of benzene rings is 9. The lowest BCUT2D eigenvalue weighted by Gasteiger charge is -2.30. The van der Waals surface area contributed by atoms with Gasteiger partial charge in [-0.2, -0.15) is 0 Å². The second kappa shape index (κ2) is 14.5. The molecule has 5 nitrogen and oxygen atoms in total. The van der Waals surface area contributed by atoms with Crippen LogP contribution < -0.4 is 0 Å². The first-order valence-corrected chi connectivity index (χ1v) is 23.8. The van der Waals surface area contributed by atoms with Gasteiger partial charge < -0.3 is 8.98 Å². The van der Waals surface area contributed by atoms with E-state index in [0.29, 0.717) is 11.6 Å². The summed E-state index contributed by atoms with van der Waals surface area (Å²) >= 11 is 0. The van der Waals surface area contributed by atoms with Crippen LogP contribution in [-0.4, -0.2) is 19.5 Å². The zero-order valence-corrected chi connectivity index (χ0v) is 37.3. The van der Waals surface area contributed by atoms with Crippen LogP contribution in [0.3, 0.4) is 0 Å². The van der Waals surface area contributed by atoms with Crippen molar-refractivity contribution < 1.29 is 4.42 Å². The molecule has 3 heterocycles. The molecular weight excluding hydrogens is 841 g/mol. The van der Waals surface area contributed by atoms with Gasteiger partial charge in [-0.3, -0.25) is 0 Å². The monoisotopic (exact) mass is 880 g/mol. The van der Waals surface area contributed by atoms with Crippen LogP contribution in [0.15, 0.2) is 229 Å². The van der Waals surface area contributed by atoms with Gasteiger partial charge in [0.2, 0.25) is 0 Å². The number of aromatic nitrogens is 4. The lowest BCUT2D eigenvalue weighted by atomic mass is 9.70. The van der Waals surface area contributed by atoms with Crippen molar-refractivity contribution in [2.75, 3.05) is 0 Å². The maximum Gasteiger partial charge on any atom is 0.163 e. The molecule has 0 saturated carbocycles. The first-order valence-electron chi connectivity index (χ1n) is 23.8. The summed E-state index contributed by atoms with van der Waals surface area (Å²) in [6.45, 7) is 0. The van der Waals surface area contributed by atoms with E-state index in [1.807, 2.05) is 18.2 Å². The molecule has 3 aromatic heterocycles. The third-order valence-corrected chi connectivity index (χ3v) is 15.0. The number of hydrogen-bond acceptors (Lipinski definition) is 4. The summed E-state index contributed by atoms with van der Waals surface area (Å²) < 4.78 is 9.17. The molecule has 0 fully saturated rings. The van der Waals surface area contributed by atoms with E-state index in [4.69, 9.17) is 19.4 Å². The van der Waals surface area contributed by atoms with Gasteiger partial charge in [-0.15, -0.1) is 0 Å². The highest BCUT2D eigenvalue weighted by molar-refractivity contribution is 6.18. The van der Waals surface area contributed by atoms with Gasteiger partial charge in [0, 0.05) is 43.9 Å². The Hall–Kier alpha value is -8.93. The number of hydrogen-bond donors (Lipinski definition) is 0. The van der Waals surface area contributed by atoms with Crippen molar-refractivity contribution in [2.45, 2.75) is 17.8 Å². The van der Waals surface area contributed by atoms with Crippen LogP contribution in [0, 0.1) is 0 Å². The number of fused-ring (bicyclic) bond motifs is 17. The lowest BCUT2D eigenvalue weighted by Crippen LogP contribution is -2.25. The first kappa shape index (κ1) is 38.2. The molecule has 12 aromatic rings. The van der Waals surface area contributed by atoms with Crippen molar-refractivity contribution in [1.82, 2.24) is 19.5 Å². The van der Waals surface area contributed by atoms with Gasteiger partial charge in [0.05, 0.1) is 22.4 Å². The summed E-state index contributed by atoms with van der Waals surface area (Å²) in [6.07, 6.45) is 7.46. The molecule has 9 aromatic carbocycles. The Bertz CT molecular complexity index is 4130. The minimum absolute atomic E-state index is 0.198. The summed E-state index contributed by atoms with van der Waals surface area (Å²) in [7, 11) is 0. The third-order valence-electron chi connectivity index (χ3n) is 15.0. The van der Waals surface area contributed by atoms with E-state index in [-0.39, 0.29) is 5.92 Å². The summed E-state index contributed by atoms with van der Waals surface area (Å²) in [6, 6.07) is 74.3. The first-order chi connectivity index (χ1) is 34.2. The highest BCUT2D eigenvalue weighted by Crippen LogP contribution is 2.64. The molecule has 3 aliphatic carbocycles. The predicted octanol–water partition coefficient (Wildman–Crippen LogP) is 15.8. The SMILES string of the molecule is C1=CCC(c2nc(-c3ccccc3)nc(-c3ccc4c(c3)oc3cccc(-c5ccccc5)c34)n2)C(n2c3ccccc3c3ccc4c(c32)-c2ccccc2C42c3ccccc3-c3ccccc32)=C1. The Morgan fingerprint density at radius 1 is 0.464 bits per heavy atom. The second-order valence-corrected chi connectivity index (χ2v) is 18.5. The molecule has 0 N–H and O–H groups in total. The van der Waals surface area contributed by atoms with Crippen LogP contribution in [0.1, 0.15) is 40.4 Å². The minimum atomic E-state index is -0.466. The largest absolute Gasteiger partial charge is 0.456 e. The van der Waals surface area contributed by atoms with E-state index in [1.165, 1.54) is 60.8 Å². The number of allylic oxidation sites excluding steroid dienone is 4.